The fraction of sp³-hybridized carbons (Fsp3) is 0.273. The first kappa shape index (κ1) is 20.3. The van der Waals surface area contributed by atoms with Crippen molar-refractivity contribution in [2.24, 2.45) is 0 Å². The third kappa shape index (κ3) is 4.51. The van der Waals surface area contributed by atoms with Crippen LogP contribution in [0.1, 0.15) is 16.7 Å². The number of nitrogens with two attached hydrogens (primary N) is 1. The van der Waals surface area contributed by atoms with Crippen molar-refractivity contribution >= 4 is 11.5 Å². The fourth-order valence-corrected chi connectivity index (χ4v) is 3.29. The number of rotatable bonds is 7. The van der Waals surface area contributed by atoms with Crippen molar-refractivity contribution in [3.05, 3.63) is 86.1 Å². The highest BCUT2D eigenvalue weighted by molar-refractivity contribution is 5.62. The number of nitrogens with one attached hydrogen (secondary N) is 1. The number of aromatic nitrogens is 2. The summed E-state index contributed by atoms with van der Waals surface area (Å²) in [5.41, 5.74) is 8.48. The molecule has 0 saturated heterocycles. The molecule has 0 unspecified atom stereocenters. The molecule has 0 fully saturated rings. The van der Waals surface area contributed by atoms with Gasteiger partial charge in [0.25, 0.3) is 5.56 Å². The lowest BCUT2D eigenvalue weighted by Crippen LogP contribution is -2.38. The van der Waals surface area contributed by atoms with E-state index in [9.17, 15) is 9.59 Å². The zero-order valence-corrected chi connectivity index (χ0v) is 16.9. The first-order valence-electron chi connectivity index (χ1n) is 9.45. The molecule has 7 nitrogen and oxygen atoms in total. The van der Waals surface area contributed by atoms with Gasteiger partial charge in [0.1, 0.15) is 23.9 Å². The number of H-pyrrole nitrogens is 1. The van der Waals surface area contributed by atoms with E-state index in [0.717, 1.165) is 22.4 Å². The van der Waals surface area contributed by atoms with E-state index in [1.54, 1.807) is 11.9 Å². The van der Waals surface area contributed by atoms with Gasteiger partial charge in [0.05, 0.1) is 13.1 Å². The van der Waals surface area contributed by atoms with Crippen molar-refractivity contribution in [2.45, 2.75) is 20.4 Å². The van der Waals surface area contributed by atoms with Gasteiger partial charge in [-0.3, -0.25) is 14.3 Å². The molecule has 3 rings (SSSR count). The van der Waals surface area contributed by atoms with Gasteiger partial charge in [0, 0.05) is 7.05 Å². The third-order valence-corrected chi connectivity index (χ3v) is 4.86. The molecule has 2 aromatic carbocycles. The van der Waals surface area contributed by atoms with Crippen LogP contribution < -0.4 is 26.6 Å². The molecule has 0 spiro atoms. The summed E-state index contributed by atoms with van der Waals surface area (Å²) in [4.78, 5) is 28.8. The molecule has 152 valence electrons. The van der Waals surface area contributed by atoms with Gasteiger partial charge in [-0.05, 0) is 30.5 Å². The van der Waals surface area contributed by atoms with Crippen LogP contribution in [0.2, 0.25) is 0 Å². The largest absolute Gasteiger partial charge is 0.491 e. The summed E-state index contributed by atoms with van der Waals surface area (Å²) in [7, 11) is 1.76. The van der Waals surface area contributed by atoms with Crippen LogP contribution in [0.4, 0.5) is 11.5 Å². The zero-order chi connectivity index (χ0) is 21.0. The number of nitrogens with zero attached hydrogens (tertiary/aromatic N) is 2. The van der Waals surface area contributed by atoms with E-state index in [1.807, 2.05) is 62.4 Å². The maximum absolute atomic E-state index is 12.4. The van der Waals surface area contributed by atoms with Crippen LogP contribution in [-0.4, -0.2) is 29.8 Å². The Kier molecular flexibility index (Phi) is 6.07. The SMILES string of the molecule is Cc1cccc(C)c1OCCN(C)c1c(N)n(Cc2ccccc2)c(=O)[nH]c1=O. The summed E-state index contributed by atoms with van der Waals surface area (Å²) in [6.07, 6.45) is 0. The minimum Gasteiger partial charge on any atom is -0.491 e. The standard InChI is InChI=1S/C22H26N4O3/c1-15-8-7-9-16(2)19(15)29-13-12-25(3)18-20(23)26(22(28)24-21(18)27)14-17-10-5-4-6-11-17/h4-11H,12-14,23H2,1-3H3,(H,24,27,28). The number of aromatic amines is 1. The topological polar surface area (TPSA) is 93.3 Å². The highest BCUT2D eigenvalue weighted by atomic mass is 16.5. The van der Waals surface area contributed by atoms with Gasteiger partial charge in [-0.25, -0.2) is 4.79 Å². The van der Waals surface area contributed by atoms with Gasteiger partial charge < -0.3 is 15.4 Å². The van der Waals surface area contributed by atoms with Crippen LogP contribution >= 0.6 is 0 Å². The van der Waals surface area contributed by atoms with Crippen LogP contribution in [0.3, 0.4) is 0 Å². The molecule has 0 saturated carbocycles. The molecule has 0 aliphatic rings. The van der Waals surface area contributed by atoms with Crippen LogP contribution in [0, 0.1) is 13.8 Å². The molecule has 3 aromatic rings. The quantitative estimate of drug-likeness (QED) is 0.641. The van der Waals surface area contributed by atoms with E-state index in [1.165, 1.54) is 4.57 Å². The zero-order valence-electron chi connectivity index (χ0n) is 16.9. The average molecular weight is 394 g/mol. The first-order valence-corrected chi connectivity index (χ1v) is 9.45. The summed E-state index contributed by atoms with van der Waals surface area (Å²) < 4.78 is 7.30. The Morgan fingerprint density at radius 2 is 1.69 bits per heavy atom. The minimum atomic E-state index is -0.528. The second-order valence-corrected chi connectivity index (χ2v) is 7.06. The molecule has 0 aliphatic heterocycles. The van der Waals surface area contributed by atoms with E-state index in [2.05, 4.69) is 4.98 Å². The highest BCUT2D eigenvalue weighted by Crippen LogP contribution is 2.22. The molecule has 0 bridgehead atoms. The number of nitrogen functional groups attached to an aromatic ring is 1. The summed E-state index contributed by atoms with van der Waals surface area (Å²) in [5, 5.41) is 0. The number of para-hydroxylation sites is 1. The van der Waals surface area contributed by atoms with Crippen LogP contribution in [-0.2, 0) is 6.54 Å². The lowest BCUT2D eigenvalue weighted by molar-refractivity contribution is 0.321. The normalized spacial score (nSPS) is 10.7. The van der Waals surface area contributed by atoms with Gasteiger partial charge in [0.15, 0.2) is 0 Å². The van der Waals surface area contributed by atoms with Gasteiger partial charge >= 0.3 is 5.69 Å². The number of benzene rings is 2. The molecular weight excluding hydrogens is 368 g/mol. The number of aryl methyl sites for hydroxylation is 2. The lowest BCUT2D eigenvalue weighted by Gasteiger charge is -2.22. The van der Waals surface area contributed by atoms with Gasteiger partial charge in [0.2, 0.25) is 0 Å². The Bertz CT molecular complexity index is 1080. The molecule has 7 heteroatoms. The average Bonchev–Trinajstić information content (AvgIpc) is 2.68. The first-order chi connectivity index (χ1) is 13.9. The van der Waals surface area contributed by atoms with E-state index in [-0.39, 0.29) is 18.1 Å². The Hall–Kier alpha value is -3.48. The smallest absolute Gasteiger partial charge is 0.330 e. The van der Waals surface area contributed by atoms with Gasteiger partial charge in [-0.15, -0.1) is 0 Å². The number of ether oxygens (including phenoxy) is 1. The molecular formula is C22H26N4O3. The summed E-state index contributed by atoms with van der Waals surface area (Å²) >= 11 is 0. The second-order valence-electron chi connectivity index (χ2n) is 7.06. The fourth-order valence-electron chi connectivity index (χ4n) is 3.29. The maximum Gasteiger partial charge on any atom is 0.330 e. The van der Waals surface area contributed by atoms with Crippen LogP contribution in [0.15, 0.2) is 58.1 Å². The van der Waals surface area contributed by atoms with Crippen molar-refractivity contribution in [3.8, 4) is 5.75 Å². The van der Waals surface area contributed by atoms with Crippen molar-refractivity contribution in [3.63, 3.8) is 0 Å². The van der Waals surface area contributed by atoms with E-state index < -0.39 is 11.2 Å². The molecule has 1 heterocycles. The number of likely N-dealkylation sites (N-methyl/N-ethyl adjacent to an activating group) is 1. The molecule has 0 amide bonds. The Morgan fingerprint density at radius 3 is 2.34 bits per heavy atom. The predicted molar refractivity (Wildman–Crippen MR) is 116 cm³/mol. The molecule has 0 radical (unpaired) electrons. The lowest BCUT2D eigenvalue weighted by atomic mass is 10.1. The molecule has 29 heavy (non-hydrogen) atoms. The molecule has 3 N–H and O–H groups in total. The summed E-state index contributed by atoms with van der Waals surface area (Å²) in [6.45, 7) is 5.08. The van der Waals surface area contributed by atoms with E-state index in [4.69, 9.17) is 10.5 Å². The highest BCUT2D eigenvalue weighted by Gasteiger charge is 2.16. The summed E-state index contributed by atoms with van der Waals surface area (Å²) in [5.74, 6) is 0.981. The number of hydrogen-bond donors (Lipinski definition) is 2. The number of hydrogen-bond acceptors (Lipinski definition) is 5. The van der Waals surface area contributed by atoms with E-state index in [0.29, 0.717) is 13.2 Å². The third-order valence-electron chi connectivity index (χ3n) is 4.86. The molecule has 1 aromatic heterocycles. The Balaban J connectivity index is 1.79. The van der Waals surface area contributed by atoms with Crippen molar-refractivity contribution in [1.82, 2.24) is 9.55 Å². The maximum atomic E-state index is 12.4. The van der Waals surface area contributed by atoms with Gasteiger partial charge in [-0.2, -0.15) is 0 Å². The van der Waals surface area contributed by atoms with Crippen LogP contribution in [0.25, 0.3) is 0 Å². The van der Waals surface area contributed by atoms with Crippen molar-refractivity contribution < 1.29 is 4.74 Å². The molecule has 0 atom stereocenters. The van der Waals surface area contributed by atoms with Crippen molar-refractivity contribution in [2.75, 3.05) is 30.8 Å². The monoisotopic (exact) mass is 394 g/mol. The van der Waals surface area contributed by atoms with Crippen LogP contribution in [0.5, 0.6) is 5.75 Å². The minimum absolute atomic E-state index is 0.136. The van der Waals surface area contributed by atoms with E-state index >= 15 is 0 Å². The second kappa shape index (κ2) is 8.68. The Morgan fingerprint density at radius 1 is 1.03 bits per heavy atom. The molecule has 0 aliphatic carbocycles. The number of anilines is 2. The summed E-state index contributed by atoms with van der Waals surface area (Å²) in [6, 6.07) is 15.5. The van der Waals surface area contributed by atoms with Crippen molar-refractivity contribution in [1.29, 1.82) is 0 Å². The predicted octanol–water partition coefficient (Wildman–Crippen LogP) is 2.30. The van der Waals surface area contributed by atoms with Gasteiger partial charge in [-0.1, -0.05) is 48.5 Å². The Labute approximate surface area is 169 Å².